The number of likely N-dealkylation sites (tertiary alicyclic amines) is 1. The fourth-order valence-corrected chi connectivity index (χ4v) is 2.60. The number of amides is 1. The average molecular weight is 238 g/mol. The number of thiophene rings is 1. The maximum absolute atomic E-state index is 12.0. The molecule has 0 aromatic carbocycles. The Labute approximate surface area is 98.2 Å². The molecule has 1 atom stereocenters. The van der Waals surface area contributed by atoms with Crippen molar-refractivity contribution >= 4 is 23.0 Å². The van der Waals surface area contributed by atoms with Crippen molar-refractivity contribution in [3.05, 3.63) is 22.4 Å². The molecule has 0 bridgehead atoms. The summed E-state index contributed by atoms with van der Waals surface area (Å²) < 4.78 is 0. The summed E-state index contributed by atoms with van der Waals surface area (Å²) in [5, 5.41) is 13.9. The Morgan fingerprint density at radius 2 is 2.50 bits per heavy atom. The maximum atomic E-state index is 12.0. The monoisotopic (exact) mass is 238 g/mol. The smallest absolute Gasteiger partial charge is 0.263 e. The molecule has 0 saturated carbocycles. The lowest BCUT2D eigenvalue weighted by molar-refractivity contribution is 0.0739. The Morgan fingerprint density at radius 1 is 1.69 bits per heavy atom. The van der Waals surface area contributed by atoms with Crippen molar-refractivity contribution in [2.75, 3.05) is 13.1 Å². The highest BCUT2D eigenvalue weighted by atomic mass is 32.1. The van der Waals surface area contributed by atoms with Gasteiger partial charge in [0.2, 0.25) is 0 Å². The molecule has 1 fully saturated rings. The second kappa shape index (κ2) is 4.65. The van der Waals surface area contributed by atoms with Gasteiger partial charge in [-0.3, -0.25) is 4.79 Å². The van der Waals surface area contributed by atoms with Crippen molar-refractivity contribution in [3.8, 4) is 0 Å². The Balaban J connectivity index is 2.06. The summed E-state index contributed by atoms with van der Waals surface area (Å²) in [5.74, 6) is 0.224. The number of hydrogen-bond acceptors (Lipinski definition) is 4. The predicted octanol–water partition coefficient (Wildman–Crippen LogP) is 2.06. The molecule has 1 N–H and O–H groups in total. The first-order chi connectivity index (χ1) is 7.72. The van der Waals surface area contributed by atoms with Crippen molar-refractivity contribution in [1.82, 2.24) is 4.90 Å². The van der Waals surface area contributed by atoms with Crippen molar-refractivity contribution in [2.24, 2.45) is 11.1 Å². The van der Waals surface area contributed by atoms with E-state index in [0.717, 1.165) is 10.6 Å². The van der Waals surface area contributed by atoms with Crippen LogP contribution in [0.3, 0.4) is 0 Å². The van der Waals surface area contributed by atoms with E-state index in [-0.39, 0.29) is 11.8 Å². The molecular weight excluding hydrogens is 224 g/mol. The third-order valence-corrected chi connectivity index (χ3v) is 3.71. The van der Waals surface area contributed by atoms with E-state index in [2.05, 4.69) is 5.16 Å². The van der Waals surface area contributed by atoms with E-state index in [9.17, 15) is 4.79 Å². The molecule has 16 heavy (non-hydrogen) atoms. The minimum Gasteiger partial charge on any atom is -0.411 e. The highest BCUT2D eigenvalue weighted by Gasteiger charge is 2.26. The van der Waals surface area contributed by atoms with E-state index < -0.39 is 0 Å². The molecule has 1 unspecified atom stereocenters. The van der Waals surface area contributed by atoms with Crippen LogP contribution in [0, 0.1) is 5.92 Å². The molecule has 1 saturated heterocycles. The SMILES string of the molecule is CC1CN(C(=O)c2cccs2)CC/C1=N\O. The van der Waals surface area contributed by atoms with Crippen molar-refractivity contribution in [1.29, 1.82) is 0 Å². The van der Waals surface area contributed by atoms with Crippen LogP contribution in [0.25, 0.3) is 0 Å². The molecule has 2 heterocycles. The van der Waals surface area contributed by atoms with Gasteiger partial charge in [-0.05, 0) is 11.4 Å². The zero-order chi connectivity index (χ0) is 11.5. The molecule has 1 aliphatic heterocycles. The van der Waals surface area contributed by atoms with Gasteiger partial charge >= 0.3 is 0 Å². The van der Waals surface area contributed by atoms with Crippen LogP contribution in [0.4, 0.5) is 0 Å². The average Bonchev–Trinajstić information content (AvgIpc) is 2.81. The summed E-state index contributed by atoms with van der Waals surface area (Å²) in [5.41, 5.74) is 0.787. The molecule has 2 rings (SSSR count). The first-order valence-electron chi connectivity index (χ1n) is 5.26. The van der Waals surface area contributed by atoms with Crippen LogP contribution in [0.2, 0.25) is 0 Å². The Kier molecular flexibility index (Phi) is 3.24. The van der Waals surface area contributed by atoms with Crippen LogP contribution in [0.15, 0.2) is 22.7 Å². The molecule has 4 nitrogen and oxygen atoms in total. The minimum atomic E-state index is 0.0823. The Bertz CT molecular complexity index is 400. The van der Waals surface area contributed by atoms with E-state index in [0.29, 0.717) is 19.5 Å². The van der Waals surface area contributed by atoms with E-state index >= 15 is 0 Å². The lowest BCUT2D eigenvalue weighted by Gasteiger charge is -2.31. The summed E-state index contributed by atoms with van der Waals surface area (Å²) in [6.45, 7) is 3.25. The van der Waals surface area contributed by atoms with E-state index in [1.165, 1.54) is 11.3 Å². The van der Waals surface area contributed by atoms with Gasteiger partial charge in [-0.1, -0.05) is 18.1 Å². The molecule has 1 aliphatic rings. The summed E-state index contributed by atoms with van der Waals surface area (Å²) >= 11 is 1.46. The summed E-state index contributed by atoms with van der Waals surface area (Å²) in [4.78, 5) is 14.6. The van der Waals surface area contributed by atoms with E-state index in [1.807, 2.05) is 29.3 Å². The zero-order valence-corrected chi connectivity index (χ0v) is 9.91. The number of piperidine rings is 1. The lowest BCUT2D eigenvalue weighted by Crippen LogP contribution is -2.43. The first kappa shape index (κ1) is 11.1. The number of rotatable bonds is 1. The van der Waals surface area contributed by atoms with Crippen molar-refractivity contribution in [3.63, 3.8) is 0 Å². The van der Waals surface area contributed by atoms with Gasteiger partial charge in [-0.15, -0.1) is 11.3 Å². The maximum Gasteiger partial charge on any atom is 0.263 e. The molecule has 0 radical (unpaired) electrons. The Morgan fingerprint density at radius 3 is 3.06 bits per heavy atom. The van der Waals surface area contributed by atoms with Gasteiger partial charge in [-0.2, -0.15) is 0 Å². The van der Waals surface area contributed by atoms with E-state index in [4.69, 9.17) is 5.21 Å². The zero-order valence-electron chi connectivity index (χ0n) is 9.09. The van der Waals surface area contributed by atoms with Crippen LogP contribution in [-0.4, -0.2) is 34.8 Å². The van der Waals surface area contributed by atoms with Gasteiger partial charge in [0.1, 0.15) is 0 Å². The summed E-state index contributed by atoms with van der Waals surface area (Å²) in [6.07, 6.45) is 0.661. The fourth-order valence-electron chi connectivity index (χ4n) is 1.91. The third kappa shape index (κ3) is 2.09. The predicted molar refractivity (Wildman–Crippen MR) is 63.2 cm³/mol. The number of oxime groups is 1. The summed E-state index contributed by atoms with van der Waals surface area (Å²) in [7, 11) is 0. The quantitative estimate of drug-likeness (QED) is 0.601. The van der Waals surface area contributed by atoms with Crippen molar-refractivity contribution < 1.29 is 10.0 Å². The van der Waals surface area contributed by atoms with Crippen LogP contribution < -0.4 is 0 Å². The third-order valence-electron chi connectivity index (χ3n) is 2.85. The van der Waals surface area contributed by atoms with E-state index in [1.54, 1.807) is 0 Å². The van der Waals surface area contributed by atoms with Gasteiger partial charge in [0.25, 0.3) is 5.91 Å². The molecule has 0 spiro atoms. The number of nitrogens with zero attached hydrogens (tertiary/aromatic N) is 2. The van der Waals surface area contributed by atoms with Crippen LogP contribution in [0.5, 0.6) is 0 Å². The molecule has 5 heteroatoms. The highest BCUT2D eigenvalue weighted by Crippen LogP contribution is 2.18. The van der Waals surface area contributed by atoms with Gasteiger partial charge in [0, 0.05) is 25.4 Å². The fraction of sp³-hybridized carbons (Fsp3) is 0.455. The second-order valence-electron chi connectivity index (χ2n) is 3.97. The minimum absolute atomic E-state index is 0.0823. The normalized spacial score (nSPS) is 23.7. The number of hydrogen-bond donors (Lipinski definition) is 1. The molecule has 1 amide bonds. The largest absolute Gasteiger partial charge is 0.411 e. The van der Waals surface area contributed by atoms with Crippen LogP contribution >= 0.6 is 11.3 Å². The molecule has 1 aromatic heterocycles. The highest BCUT2D eigenvalue weighted by molar-refractivity contribution is 7.12. The van der Waals surface area contributed by atoms with Gasteiger partial charge in [0.15, 0.2) is 0 Å². The molecule has 1 aromatic rings. The second-order valence-corrected chi connectivity index (χ2v) is 4.92. The van der Waals surface area contributed by atoms with Gasteiger partial charge < -0.3 is 10.1 Å². The van der Waals surface area contributed by atoms with Gasteiger partial charge in [0.05, 0.1) is 10.6 Å². The topological polar surface area (TPSA) is 52.9 Å². The molecule has 0 aliphatic carbocycles. The lowest BCUT2D eigenvalue weighted by atomic mass is 9.97. The van der Waals surface area contributed by atoms with Crippen LogP contribution in [0.1, 0.15) is 23.0 Å². The van der Waals surface area contributed by atoms with Crippen LogP contribution in [-0.2, 0) is 0 Å². The Hall–Kier alpha value is -1.36. The number of carbonyl (C=O) groups excluding carboxylic acids is 1. The first-order valence-corrected chi connectivity index (χ1v) is 6.14. The number of carbonyl (C=O) groups is 1. The van der Waals surface area contributed by atoms with Gasteiger partial charge in [-0.25, -0.2) is 0 Å². The standard InChI is InChI=1S/C11H14N2O2S/c1-8-7-13(5-4-9(8)12-15)11(14)10-3-2-6-16-10/h2-3,6,8,15H,4-5,7H2,1H3/b12-9+. The molecule has 86 valence electrons. The van der Waals surface area contributed by atoms with Crippen molar-refractivity contribution in [2.45, 2.75) is 13.3 Å². The molecular formula is C11H14N2O2S. The summed E-state index contributed by atoms with van der Waals surface area (Å²) in [6, 6.07) is 3.72.